The van der Waals surface area contributed by atoms with Crippen LogP contribution in [0.4, 0.5) is 0 Å². The first-order valence-corrected chi connectivity index (χ1v) is 6.60. The van der Waals surface area contributed by atoms with Gasteiger partial charge in [0.15, 0.2) is 0 Å². The molecule has 0 aromatic carbocycles. The van der Waals surface area contributed by atoms with E-state index in [0.717, 1.165) is 25.9 Å². The molecule has 1 saturated carbocycles. The molecule has 0 saturated heterocycles. The van der Waals surface area contributed by atoms with Gasteiger partial charge in [0, 0.05) is 18.7 Å². The molecule has 3 heteroatoms. The number of aliphatic hydroxyl groups excluding tert-OH is 1. The van der Waals surface area contributed by atoms with Gasteiger partial charge in [-0.2, -0.15) is 0 Å². The summed E-state index contributed by atoms with van der Waals surface area (Å²) in [6.07, 6.45) is 6.89. The van der Waals surface area contributed by atoms with E-state index in [2.05, 4.69) is 19.2 Å². The van der Waals surface area contributed by atoms with Gasteiger partial charge in [-0.3, -0.25) is 0 Å². The minimum Gasteiger partial charge on any atom is -0.396 e. The summed E-state index contributed by atoms with van der Waals surface area (Å²) in [5, 5.41) is 12.4. The second-order valence-corrected chi connectivity index (χ2v) is 6.04. The van der Waals surface area contributed by atoms with Crippen LogP contribution in [0, 0.1) is 5.41 Å². The Morgan fingerprint density at radius 2 is 2.00 bits per heavy atom. The van der Waals surface area contributed by atoms with E-state index in [4.69, 9.17) is 10.8 Å². The Bertz CT molecular complexity index is 206. The van der Waals surface area contributed by atoms with Gasteiger partial charge in [-0.05, 0) is 44.1 Å². The van der Waals surface area contributed by atoms with Crippen molar-refractivity contribution >= 4 is 0 Å². The van der Waals surface area contributed by atoms with Gasteiger partial charge in [-0.15, -0.1) is 0 Å². The molecule has 3 nitrogen and oxygen atoms in total. The molecule has 0 spiro atoms. The summed E-state index contributed by atoms with van der Waals surface area (Å²) in [5.41, 5.74) is 6.53. The Hall–Kier alpha value is -0.120. The van der Waals surface area contributed by atoms with E-state index in [9.17, 15) is 0 Å². The minimum atomic E-state index is 0.150. The van der Waals surface area contributed by atoms with Crippen molar-refractivity contribution in [3.8, 4) is 0 Å². The predicted octanol–water partition coefficient (Wildman–Crippen LogP) is 1.65. The number of aliphatic hydroxyl groups is 1. The maximum atomic E-state index is 8.76. The van der Waals surface area contributed by atoms with E-state index < -0.39 is 0 Å². The van der Waals surface area contributed by atoms with Gasteiger partial charge in [0.1, 0.15) is 0 Å². The third-order valence-electron chi connectivity index (χ3n) is 3.80. The van der Waals surface area contributed by atoms with Gasteiger partial charge in [0.2, 0.25) is 0 Å². The van der Waals surface area contributed by atoms with Crippen molar-refractivity contribution in [2.24, 2.45) is 11.1 Å². The number of hydrogen-bond donors (Lipinski definition) is 3. The van der Waals surface area contributed by atoms with Gasteiger partial charge < -0.3 is 16.2 Å². The molecule has 0 amide bonds. The Balaban J connectivity index is 2.43. The predicted molar refractivity (Wildman–Crippen MR) is 68.4 cm³/mol. The lowest BCUT2D eigenvalue weighted by molar-refractivity contribution is 0.124. The summed E-state index contributed by atoms with van der Waals surface area (Å²) in [7, 11) is 0. The number of nitrogens with two attached hydrogens (primary N) is 1. The van der Waals surface area contributed by atoms with Crippen LogP contribution in [-0.2, 0) is 0 Å². The van der Waals surface area contributed by atoms with Crippen LogP contribution in [-0.4, -0.2) is 30.3 Å². The zero-order valence-electron chi connectivity index (χ0n) is 10.9. The third-order valence-corrected chi connectivity index (χ3v) is 3.80. The van der Waals surface area contributed by atoms with Crippen LogP contribution >= 0.6 is 0 Å². The van der Waals surface area contributed by atoms with Crippen molar-refractivity contribution < 1.29 is 5.11 Å². The number of unbranched alkanes of at least 4 members (excludes halogenated alkanes) is 1. The first-order chi connectivity index (χ1) is 7.54. The van der Waals surface area contributed by atoms with Crippen LogP contribution < -0.4 is 11.1 Å². The molecule has 1 aliphatic carbocycles. The maximum Gasteiger partial charge on any atom is 0.0431 e. The fourth-order valence-corrected chi connectivity index (χ4v) is 2.99. The van der Waals surface area contributed by atoms with Crippen LogP contribution in [0.1, 0.15) is 52.4 Å². The fraction of sp³-hybridized carbons (Fsp3) is 1.00. The molecule has 0 aliphatic heterocycles. The summed E-state index contributed by atoms with van der Waals surface area (Å²) in [5.74, 6) is 0. The van der Waals surface area contributed by atoms with Crippen LogP contribution in [0.25, 0.3) is 0 Å². The van der Waals surface area contributed by atoms with Crippen molar-refractivity contribution in [1.82, 2.24) is 5.32 Å². The number of rotatable bonds is 6. The number of hydrogen-bond acceptors (Lipinski definition) is 3. The van der Waals surface area contributed by atoms with Crippen molar-refractivity contribution in [2.75, 3.05) is 19.7 Å². The molecule has 1 aliphatic rings. The normalized spacial score (nSPS) is 29.2. The summed E-state index contributed by atoms with van der Waals surface area (Å²) in [4.78, 5) is 0. The second-order valence-electron chi connectivity index (χ2n) is 6.04. The molecule has 0 aromatic rings. The zero-order valence-corrected chi connectivity index (χ0v) is 10.9. The molecule has 1 unspecified atom stereocenters. The van der Waals surface area contributed by atoms with E-state index in [1.807, 2.05) is 0 Å². The second kappa shape index (κ2) is 5.99. The highest BCUT2D eigenvalue weighted by Gasteiger charge is 2.38. The third kappa shape index (κ3) is 4.04. The Morgan fingerprint density at radius 3 is 2.56 bits per heavy atom. The number of nitrogens with one attached hydrogen (secondary N) is 1. The molecule has 0 aromatic heterocycles. The SMILES string of the molecule is CC1(C)CCCC(CN)(NCCCCO)C1. The molecule has 1 fully saturated rings. The molecular formula is C13H28N2O. The van der Waals surface area contributed by atoms with Crippen molar-refractivity contribution in [3.05, 3.63) is 0 Å². The van der Waals surface area contributed by atoms with E-state index in [0.29, 0.717) is 12.0 Å². The highest BCUT2D eigenvalue weighted by atomic mass is 16.2. The average Bonchev–Trinajstić information content (AvgIpc) is 2.23. The molecule has 16 heavy (non-hydrogen) atoms. The topological polar surface area (TPSA) is 58.3 Å². The quantitative estimate of drug-likeness (QED) is 0.606. The van der Waals surface area contributed by atoms with Crippen molar-refractivity contribution in [3.63, 3.8) is 0 Å². The lowest BCUT2D eigenvalue weighted by atomic mass is 9.68. The van der Waals surface area contributed by atoms with Crippen LogP contribution in [0.15, 0.2) is 0 Å². The monoisotopic (exact) mass is 228 g/mol. The molecular weight excluding hydrogens is 200 g/mol. The summed E-state index contributed by atoms with van der Waals surface area (Å²) >= 11 is 0. The summed E-state index contributed by atoms with van der Waals surface area (Å²) in [6, 6.07) is 0. The van der Waals surface area contributed by atoms with Crippen molar-refractivity contribution in [1.29, 1.82) is 0 Å². The van der Waals surface area contributed by atoms with Gasteiger partial charge in [0.05, 0.1) is 0 Å². The van der Waals surface area contributed by atoms with Crippen molar-refractivity contribution in [2.45, 2.75) is 57.9 Å². The van der Waals surface area contributed by atoms with Gasteiger partial charge >= 0.3 is 0 Å². The van der Waals surface area contributed by atoms with Gasteiger partial charge in [0.25, 0.3) is 0 Å². The Morgan fingerprint density at radius 1 is 1.25 bits per heavy atom. The molecule has 0 heterocycles. The lowest BCUT2D eigenvalue weighted by Crippen LogP contribution is -2.55. The van der Waals surface area contributed by atoms with E-state index in [1.165, 1.54) is 25.7 Å². The minimum absolute atomic E-state index is 0.150. The Kier molecular flexibility index (Phi) is 5.22. The van der Waals surface area contributed by atoms with E-state index in [1.54, 1.807) is 0 Å². The molecule has 0 radical (unpaired) electrons. The first-order valence-electron chi connectivity index (χ1n) is 6.60. The molecule has 1 rings (SSSR count). The summed E-state index contributed by atoms with van der Waals surface area (Å²) in [6.45, 7) is 6.68. The zero-order chi connectivity index (χ0) is 12.1. The fourth-order valence-electron chi connectivity index (χ4n) is 2.99. The molecule has 4 N–H and O–H groups in total. The van der Waals surface area contributed by atoms with Crippen LogP contribution in [0.5, 0.6) is 0 Å². The highest BCUT2D eigenvalue weighted by molar-refractivity contribution is 4.97. The summed E-state index contributed by atoms with van der Waals surface area (Å²) < 4.78 is 0. The van der Waals surface area contributed by atoms with Gasteiger partial charge in [-0.1, -0.05) is 20.3 Å². The highest BCUT2D eigenvalue weighted by Crippen LogP contribution is 2.40. The smallest absolute Gasteiger partial charge is 0.0431 e. The lowest BCUT2D eigenvalue weighted by Gasteiger charge is -2.45. The van der Waals surface area contributed by atoms with Crippen LogP contribution in [0.2, 0.25) is 0 Å². The average molecular weight is 228 g/mol. The van der Waals surface area contributed by atoms with Gasteiger partial charge in [-0.25, -0.2) is 0 Å². The molecule has 0 bridgehead atoms. The molecule has 1 atom stereocenters. The van der Waals surface area contributed by atoms with E-state index in [-0.39, 0.29) is 5.54 Å². The standard InChI is InChI=1S/C13H28N2O/c1-12(2)6-5-7-13(10-12,11-14)15-8-3-4-9-16/h15-16H,3-11,14H2,1-2H3. The van der Waals surface area contributed by atoms with Crippen LogP contribution in [0.3, 0.4) is 0 Å². The maximum absolute atomic E-state index is 8.76. The largest absolute Gasteiger partial charge is 0.396 e. The molecule has 96 valence electrons. The van der Waals surface area contributed by atoms with E-state index >= 15 is 0 Å². The first kappa shape index (κ1) is 13.9. The Labute approximate surface area is 99.8 Å².